The Morgan fingerprint density at radius 2 is 1.84 bits per heavy atom. The molecule has 0 bridgehead atoms. The fraction of sp³-hybridized carbons (Fsp3) is 0.407. The summed E-state index contributed by atoms with van der Waals surface area (Å²) in [5, 5.41) is 15.8. The quantitative estimate of drug-likeness (QED) is 0.337. The number of nitrogens with two attached hydrogens (primary N) is 1. The van der Waals surface area contributed by atoms with Crippen molar-refractivity contribution in [3.8, 4) is 5.75 Å². The van der Waals surface area contributed by atoms with Crippen LogP contribution < -0.4 is 21.1 Å². The van der Waals surface area contributed by atoms with Crippen LogP contribution in [0.2, 0.25) is 0 Å². The molecule has 0 fully saturated rings. The number of amides is 3. The zero-order chi connectivity index (χ0) is 28.0. The highest BCUT2D eigenvalue weighted by Crippen LogP contribution is 2.27. The van der Waals surface area contributed by atoms with Gasteiger partial charge >= 0.3 is 0 Å². The number of hydrogen-bond acceptors (Lipinski definition) is 6. The van der Waals surface area contributed by atoms with Crippen molar-refractivity contribution in [2.75, 3.05) is 6.61 Å². The molecule has 2 aromatic rings. The highest BCUT2D eigenvalue weighted by Gasteiger charge is 2.54. The maximum absolute atomic E-state index is 14.4. The van der Waals surface area contributed by atoms with Crippen molar-refractivity contribution >= 4 is 24.0 Å². The minimum absolute atomic E-state index is 0.192. The van der Waals surface area contributed by atoms with Gasteiger partial charge in [0.1, 0.15) is 30.4 Å². The van der Waals surface area contributed by atoms with Crippen molar-refractivity contribution in [1.82, 2.24) is 10.6 Å². The Balaban J connectivity index is 2.49. The molecule has 3 atom stereocenters. The first-order valence-electron chi connectivity index (χ1n) is 11.7. The van der Waals surface area contributed by atoms with E-state index in [1.807, 2.05) is 0 Å². The standard InChI is InChI=1S/C27H34FN3O6/c1-16-9-10-19(22(28)11-16)13-30-23(34)21(15-37-20-8-6-7-18(12-20)14-32)27(17(2)33,24(29)35)31-25(36)26(3,4)5/h6-12,14,17,21,33H,13,15H2,1-5H3,(H2,29,35)(H,30,34)(H,31,36)/t17?,21-,27?/m0/s1. The summed E-state index contributed by atoms with van der Waals surface area (Å²) in [5.74, 6) is -4.48. The van der Waals surface area contributed by atoms with Crippen molar-refractivity contribution in [3.63, 3.8) is 0 Å². The highest BCUT2D eigenvalue weighted by atomic mass is 19.1. The number of aryl methyl sites for hydroxylation is 1. The minimum atomic E-state index is -2.28. The second-order valence-electron chi connectivity index (χ2n) is 9.98. The molecule has 0 saturated carbocycles. The number of nitrogens with one attached hydrogen (secondary N) is 2. The van der Waals surface area contributed by atoms with E-state index in [9.17, 15) is 28.7 Å². The SMILES string of the molecule is Cc1ccc(CNC(=O)[C@H](COc2cccc(C=O)c2)C(NC(=O)C(C)(C)C)(C(N)=O)C(C)O)c(F)c1. The zero-order valence-electron chi connectivity index (χ0n) is 21.6. The fourth-order valence-corrected chi connectivity index (χ4v) is 3.67. The van der Waals surface area contributed by atoms with Gasteiger partial charge in [-0.1, -0.05) is 45.0 Å². The number of hydrogen-bond donors (Lipinski definition) is 4. The Labute approximate surface area is 215 Å². The normalized spacial score (nSPS) is 14.6. The number of halogens is 1. The van der Waals surface area contributed by atoms with E-state index in [-0.39, 0.29) is 17.9 Å². The van der Waals surface area contributed by atoms with E-state index in [0.717, 1.165) is 0 Å². The van der Waals surface area contributed by atoms with Crippen molar-refractivity contribution in [3.05, 3.63) is 65.0 Å². The van der Waals surface area contributed by atoms with Crippen LogP contribution in [0.15, 0.2) is 42.5 Å². The fourth-order valence-electron chi connectivity index (χ4n) is 3.67. The molecule has 200 valence electrons. The zero-order valence-corrected chi connectivity index (χ0v) is 21.6. The molecule has 9 nitrogen and oxygen atoms in total. The Hall–Kier alpha value is -3.79. The van der Waals surface area contributed by atoms with Gasteiger partial charge in [0.05, 0.1) is 6.10 Å². The summed E-state index contributed by atoms with van der Waals surface area (Å²) in [6.45, 7) is 6.97. The molecular weight excluding hydrogens is 481 g/mol. The van der Waals surface area contributed by atoms with Crippen molar-refractivity contribution in [2.24, 2.45) is 17.1 Å². The molecule has 0 aliphatic carbocycles. The van der Waals surface area contributed by atoms with E-state index in [0.29, 0.717) is 17.4 Å². The number of primary amides is 1. The highest BCUT2D eigenvalue weighted by molar-refractivity contribution is 5.98. The molecular formula is C27H34FN3O6. The summed E-state index contributed by atoms with van der Waals surface area (Å²) in [6.07, 6.45) is -1.01. The second kappa shape index (κ2) is 12.0. The minimum Gasteiger partial charge on any atom is -0.493 e. The van der Waals surface area contributed by atoms with Gasteiger partial charge in [0, 0.05) is 23.1 Å². The van der Waals surface area contributed by atoms with Crippen LogP contribution in [-0.2, 0) is 20.9 Å². The van der Waals surface area contributed by atoms with Gasteiger partial charge in [-0.05, 0) is 37.6 Å². The Kier molecular flexibility index (Phi) is 9.52. The van der Waals surface area contributed by atoms with E-state index in [4.69, 9.17) is 10.5 Å². The van der Waals surface area contributed by atoms with Gasteiger partial charge in [-0.3, -0.25) is 19.2 Å². The summed E-state index contributed by atoms with van der Waals surface area (Å²) >= 11 is 0. The van der Waals surface area contributed by atoms with Gasteiger partial charge in [-0.25, -0.2) is 4.39 Å². The molecule has 2 unspecified atom stereocenters. The predicted octanol–water partition coefficient (Wildman–Crippen LogP) is 2.03. The van der Waals surface area contributed by atoms with Gasteiger partial charge in [-0.2, -0.15) is 0 Å². The number of rotatable bonds is 11. The third-order valence-electron chi connectivity index (χ3n) is 6.01. The first-order chi connectivity index (χ1) is 17.2. The van der Waals surface area contributed by atoms with Crippen molar-refractivity contribution in [2.45, 2.75) is 52.8 Å². The molecule has 2 rings (SSSR count). The summed E-state index contributed by atoms with van der Waals surface area (Å²) in [4.78, 5) is 50.4. The molecule has 37 heavy (non-hydrogen) atoms. The molecule has 2 aromatic carbocycles. The lowest BCUT2D eigenvalue weighted by atomic mass is 9.77. The van der Waals surface area contributed by atoms with Crippen LogP contribution in [0.5, 0.6) is 5.75 Å². The molecule has 3 amide bonds. The van der Waals surface area contributed by atoms with Gasteiger partial charge in [0.15, 0.2) is 5.54 Å². The largest absolute Gasteiger partial charge is 0.493 e. The average molecular weight is 516 g/mol. The maximum Gasteiger partial charge on any atom is 0.246 e. The average Bonchev–Trinajstić information content (AvgIpc) is 2.81. The first kappa shape index (κ1) is 29.4. The number of carbonyl (C=O) groups is 4. The Bertz CT molecular complexity index is 1160. The van der Waals surface area contributed by atoms with Crippen molar-refractivity contribution in [1.29, 1.82) is 0 Å². The third kappa shape index (κ3) is 7.13. The number of aliphatic hydroxyl groups is 1. The first-order valence-corrected chi connectivity index (χ1v) is 11.7. The van der Waals surface area contributed by atoms with Gasteiger partial charge in [-0.15, -0.1) is 0 Å². The van der Waals surface area contributed by atoms with Crippen LogP contribution in [0, 0.1) is 24.1 Å². The number of aldehydes is 1. The predicted molar refractivity (Wildman–Crippen MR) is 135 cm³/mol. The van der Waals surface area contributed by atoms with Crippen LogP contribution >= 0.6 is 0 Å². The van der Waals surface area contributed by atoms with Crippen LogP contribution in [-0.4, -0.2) is 47.4 Å². The van der Waals surface area contributed by atoms with E-state index < -0.39 is 53.1 Å². The third-order valence-corrected chi connectivity index (χ3v) is 6.01. The lowest BCUT2D eigenvalue weighted by Crippen LogP contribution is -2.72. The molecule has 0 aliphatic heterocycles. The van der Waals surface area contributed by atoms with E-state index in [1.165, 1.54) is 31.2 Å². The second-order valence-corrected chi connectivity index (χ2v) is 9.98. The van der Waals surface area contributed by atoms with Crippen LogP contribution in [0.1, 0.15) is 49.2 Å². The number of benzene rings is 2. The maximum atomic E-state index is 14.4. The lowest BCUT2D eigenvalue weighted by molar-refractivity contribution is -0.149. The topological polar surface area (TPSA) is 148 Å². The number of ether oxygens (including phenoxy) is 1. The molecule has 10 heteroatoms. The lowest BCUT2D eigenvalue weighted by Gasteiger charge is -2.41. The van der Waals surface area contributed by atoms with Crippen LogP contribution in [0.25, 0.3) is 0 Å². The Morgan fingerprint density at radius 1 is 1.16 bits per heavy atom. The summed E-state index contributed by atoms with van der Waals surface area (Å²) in [7, 11) is 0. The van der Waals surface area contributed by atoms with Gasteiger partial charge in [0.25, 0.3) is 0 Å². The molecule has 0 radical (unpaired) electrons. The molecule has 0 spiro atoms. The molecule has 0 saturated heterocycles. The number of aliphatic hydroxyl groups excluding tert-OH is 1. The monoisotopic (exact) mass is 515 g/mol. The van der Waals surface area contributed by atoms with E-state index in [2.05, 4.69) is 10.6 Å². The summed E-state index contributed by atoms with van der Waals surface area (Å²) in [6, 6.07) is 10.6. The van der Waals surface area contributed by atoms with Crippen LogP contribution in [0.4, 0.5) is 4.39 Å². The number of carbonyl (C=O) groups excluding carboxylic acids is 4. The van der Waals surface area contributed by atoms with Crippen LogP contribution in [0.3, 0.4) is 0 Å². The molecule has 0 aromatic heterocycles. The Morgan fingerprint density at radius 3 is 2.38 bits per heavy atom. The smallest absolute Gasteiger partial charge is 0.246 e. The molecule has 5 N–H and O–H groups in total. The molecule has 0 aliphatic rings. The van der Waals surface area contributed by atoms with Gasteiger partial charge < -0.3 is 26.2 Å². The van der Waals surface area contributed by atoms with E-state index in [1.54, 1.807) is 45.9 Å². The van der Waals surface area contributed by atoms with Gasteiger partial charge in [0.2, 0.25) is 17.7 Å². The van der Waals surface area contributed by atoms with E-state index >= 15 is 0 Å². The molecule has 0 heterocycles. The summed E-state index contributed by atoms with van der Waals surface area (Å²) in [5.41, 5.74) is 3.64. The summed E-state index contributed by atoms with van der Waals surface area (Å²) < 4.78 is 20.1. The van der Waals surface area contributed by atoms with Crippen molar-refractivity contribution < 1.29 is 33.4 Å².